The summed E-state index contributed by atoms with van der Waals surface area (Å²) < 4.78 is 12.7. The molecular weight excluding hydrogens is 328 g/mol. The largest absolute Gasteiger partial charge is 0.497 e. The highest BCUT2D eigenvalue weighted by Gasteiger charge is 2.07. The average Bonchev–Trinajstić information content (AvgIpc) is 3.08. The third-order valence-corrected chi connectivity index (χ3v) is 4.47. The number of nitrogens with zero attached hydrogens (tertiary/aromatic N) is 1. The van der Waals surface area contributed by atoms with Crippen LogP contribution in [0.1, 0.15) is 12.0 Å². The highest BCUT2D eigenvalue weighted by Crippen LogP contribution is 2.21. The Morgan fingerprint density at radius 1 is 1.08 bits per heavy atom. The van der Waals surface area contributed by atoms with Gasteiger partial charge in [0, 0.05) is 36.6 Å². The quantitative estimate of drug-likeness (QED) is 0.676. The Morgan fingerprint density at radius 2 is 1.92 bits per heavy atom. The van der Waals surface area contributed by atoms with E-state index in [1.165, 1.54) is 0 Å². The Bertz CT molecular complexity index is 886. The van der Waals surface area contributed by atoms with Crippen molar-refractivity contribution in [3.63, 3.8) is 0 Å². The van der Waals surface area contributed by atoms with Gasteiger partial charge in [0.25, 0.3) is 0 Å². The van der Waals surface area contributed by atoms with Gasteiger partial charge in [-0.05, 0) is 42.3 Å². The third-order valence-electron chi connectivity index (χ3n) is 4.47. The Labute approximate surface area is 153 Å². The summed E-state index contributed by atoms with van der Waals surface area (Å²) in [7, 11) is 3.31. The van der Waals surface area contributed by atoms with Gasteiger partial charge in [0.1, 0.15) is 11.5 Å². The predicted octanol–water partition coefficient (Wildman–Crippen LogP) is 3.41. The fraction of sp³-hybridized carbons (Fsp3) is 0.286. The van der Waals surface area contributed by atoms with Gasteiger partial charge in [-0.3, -0.25) is 4.79 Å². The molecule has 0 aliphatic rings. The summed E-state index contributed by atoms with van der Waals surface area (Å²) in [4.78, 5) is 12.1. The lowest BCUT2D eigenvalue weighted by molar-refractivity contribution is -0.121. The minimum Gasteiger partial charge on any atom is -0.497 e. The van der Waals surface area contributed by atoms with E-state index in [0.717, 1.165) is 34.5 Å². The number of ether oxygens (including phenoxy) is 2. The van der Waals surface area contributed by atoms with Crippen LogP contribution in [0.4, 0.5) is 0 Å². The predicted molar refractivity (Wildman–Crippen MR) is 103 cm³/mol. The second kappa shape index (κ2) is 8.43. The molecule has 0 fully saturated rings. The lowest BCUT2D eigenvalue weighted by Crippen LogP contribution is -2.27. The number of hydrogen-bond donors (Lipinski definition) is 1. The number of hydrogen-bond acceptors (Lipinski definition) is 3. The van der Waals surface area contributed by atoms with Crippen LogP contribution in [0, 0.1) is 0 Å². The van der Waals surface area contributed by atoms with E-state index >= 15 is 0 Å². The zero-order chi connectivity index (χ0) is 18.4. The third kappa shape index (κ3) is 4.17. The summed E-state index contributed by atoms with van der Waals surface area (Å²) in [6.45, 7) is 1.33. The van der Waals surface area contributed by atoms with Gasteiger partial charge in [-0.15, -0.1) is 0 Å². The average molecular weight is 352 g/mol. The Balaban J connectivity index is 1.49. The van der Waals surface area contributed by atoms with Crippen LogP contribution in [-0.4, -0.2) is 31.2 Å². The van der Waals surface area contributed by atoms with Gasteiger partial charge in [0.2, 0.25) is 5.91 Å². The minimum atomic E-state index is 0.0500. The zero-order valence-electron chi connectivity index (χ0n) is 15.2. The van der Waals surface area contributed by atoms with Crippen molar-refractivity contribution in [1.82, 2.24) is 9.88 Å². The van der Waals surface area contributed by atoms with Gasteiger partial charge in [0.05, 0.1) is 14.2 Å². The molecule has 1 aromatic heterocycles. The SMILES string of the molecule is COc1ccc2c(ccn2CCNC(=O)CCc2ccccc2OC)c1. The number of methoxy groups -OCH3 is 2. The number of nitrogens with one attached hydrogen (secondary N) is 1. The van der Waals surface area contributed by atoms with Crippen molar-refractivity contribution in [3.8, 4) is 11.5 Å². The zero-order valence-corrected chi connectivity index (χ0v) is 15.2. The summed E-state index contributed by atoms with van der Waals surface area (Å²) in [6, 6.07) is 15.9. The van der Waals surface area contributed by atoms with Crippen LogP contribution < -0.4 is 14.8 Å². The Hall–Kier alpha value is -2.95. The van der Waals surface area contributed by atoms with Gasteiger partial charge < -0.3 is 19.4 Å². The molecule has 0 radical (unpaired) electrons. The lowest BCUT2D eigenvalue weighted by Gasteiger charge is -2.10. The molecule has 3 rings (SSSR count). The second-order valence-electron chi connectivity index (χ2n) is 6.10. The first-order valence-electron chi connectivity index (χ1n) is 8.72. The van der Waals surface area contributed by atoms with Gasteiger partial charge in [-0.1, -0.05) is 18.2 Å². The van der Waals surface area contributed by atoms with Gasteiger partial charge in [-0.2, -0.15) is 0 Å². The number of rotatable bonds is 8. The number of aryl methyl sites for hydroxylation is 1. The van der Waals surface area contributed by atoms with Crippen LogP contribution in [0.15, 0.2) is 54.7 Å². The summed E-state index contributed by atoms with van der Waals surface area (Å²) in [5.41, 5.74) is 2.18. The van der Waals surface area contributed by atoms with Gasteiger partial charge >= 0.3 is 0 Å². The standard InChI is InChI=1S/C21H24N2O3/c1-25-18-8-9-19-17(15-18)11-13-23(19)14-12-22-21(24)10-7-16-5-3-4-6-20(16)26-2/h3-6,8-9,11,13,15H,7,10,12,14H2,1-2H3,(H,22,24). The monoisotopic (exact) mass is 352 g/mol. The van der Waals surface area contributed by atoms with Crippen molar-refractivity contribution in [2.24, 2.45) is 0 Å². The summed E-state index contributed by atoms with van der Waals surface area (Å²) >= 11 is 0. The van der Waals surface area contributed by atoms with E-state index in [4.69, 9.17) is 9.47 Å². The first-order chi connectivity index (χ1) is 12.7. The van der Waals surface area contributed by atoms with Crippen LogP contribution in [0.2, 0.25) is 0 Å². The first kappa shape index (κ1) is 17.9. The lowest BCUT2D eigenvalue weighted by atomic mass is 10.1. The maximum atomic E-state index is 12.1. The molecule has 136 valence electrons. The number of carbonyl (C=O) groups is 1. The van der Waals surface area contributed by atoms with E-state index in [0.29, 0.717) is 19.4 Å². The fourth-order valence-corrected chi connectivity index (χ4v) is 3.06. The number of fused-ring (bicyclic) bond motifs is 1. The molecule has 3 aromatic rings. The molecule has 1 heterocycles. The normalized spacial score (nSPS) is 10.7. The van der Waals surface area contributed by atoms with Crippen LogP contribution >= 0.6 is 0 Å². The highest BCUT2D eigenvalue weighted by atomic mass is 16.5. The van der Waals surface area contributed by atoms with Crippen molar-refractivity contribution in [2.45, 2.75) is 19.4 Å². The highest BCUT2D eigenvalue weighted by molar-refractivity contribution is 5.81. The molecule has 0 saturated carbocycles. The minimum absolute atomic E-state index is 0.0500. The molecule has 0 bridgehead atoms. The molecule has 5 heteroatoms. The van der Waals surface area contributed by atoms with Crippen LogP contribution in [0.3, 0.4) is 0 Å². The molecule has 0 saturated heterocycles. The number of carbonyl (C=O) groups excluding carboxylic acids is 1. The Kier molecular flexibility index (Phi) is 5.79. The molecule has 0 atom stereocenters. The van der Waals surface area contributed by atoms with Gasteiger partial charge in [-0.25, -0.2) is 0 Å². The van der Waals surface area contributed by atoms with Crippen LogP contribution in [-0.2, 0) is 17.8 Å². The molecule has 0 spiro atoms. The molecule has 1 amide bonds. The molecule has 1 N–H and O–H groups in total. The molecule has 5 nitrogen and oxygen atoms in total. The molecule has 2 aromatic carbocycles. The molecule has 26 heavy (non-hydrogen) atoms. The van der Waals surface area contributed by atoms with Crippen molar-refractivity contribution in [2.75, 3.05) is 20.8 Å². The van der Waals surface area contributed by atoms with Crippen molar-refractivity contribution < 1.29 is 14.3 Å². The van der Waals surface area contributed by atoms with Crippen molar-refractivity contribution >= 4 is 16.8 Å². The van der Waals surface area contributed by atoms with E-state index in [9.17, 15) is 4.79 Å². The summed E-state index contributed by atoms with van der Waals surface area (Å²) in [6.07, 6.45) is 3.15. The topological polar surface area (TPSA) is 52.5 Å². The van der Waals surface area contributed by atoms with Crippen molar-refractivity contribution in [1.29, 1.82) is 0 Å². The molecular formula is C21H24N2O3. The maximum Gasteiger partial charge on any atom is 0.220 e. The summed E-state index contributed by atoms with van der Waals surface area (Å²) in [5, 5.41) is 4.12. The van der Waals surface area contributed by atoms with E-state index in [-0.39, 0.29) is 5.91 Å². The fourth-order valence-electron chi connectivity index (χ4n) is 3.06. The van der Waals surface area contributed by atoms with Crippen LogP contribution in [0.25, 0.3) is 10.9 Å². The smallest absolute Gasteiger partial charge is 0.220 e. The number of benzene rings is 2. The molecule has 0 aliphatic carbocycles. The van der Waals surface area contributed by atoms with E-state index in [2.05, 4.69) is 16.0 Å². The van der Waals surface area contributed by atoms with E-state index in [1.54, 1.807) is 14.2 Å². The number of aromatic nitrogens is 1. The number of amides is 1. The molecule has 0 aliphatic heterocycles. The van der Waals surface area contributed by atoms with Crippen molar-refractivity contribution in [3.05, 3.63) is 60.3 Å². The van der Waals surface area contributed by atoms with Crippen LogP contribution in [0.5, 0.6) is 11.5 Å². The van der Waals surface area contributed by atoms with E-state index < -0.39 is 0 Å². The van der Waals surface area contributed by atoms with Gasteiger partial charge in [0.15, 0.2) is 0 Å². The second-order valence-corrected chi connectivity index (χ2v) is 6.10. The first-order valence-corrected chi connectivity index (χ1v) is 8.72. The Morgan fingerprint density at radius 3 is 2.73 bits per heavy atom. The maximum absolute atomic E-state index is 12.1. The number of para-hydroxylation sites is 1. The summed E-state index contributed by atoms with van der Waals surface area (Å²) in [5.74, 6) is 1.73. The molecule has 0 unspecified atom stereocenters. The van der Waals surface area contributed by atoms with E-state index in [1.807, 2.05) is 48.7 Å².